The lowest BCUT2D eigenvalue weighted by Crippen LogP contribution is -2.52. The lowest BCUT2D eigenvalue weighted by atomic mass is 10.0. The van der Waals surface area contributed by atoms with Crippen molar-refractivity contribution in [2.24, 2.45) is 0 Å². The van der Waals surface area contributed by atoms with E-state index in [0.29, 0.717) is 23.5 Å². The lowest BCUT2D eigenvalue weighted by molar-refractivity contribution is -0.136. The second-order valence-electron chi connectivity index (χ2n) is 4.71. The average molecular weight is 260 g/mol. The molecule has 2 aliphatic rings. The fourth-order valence-corrected chi connectivity index (χ4v) is 2.39. The smallest absolute Gasteiger partial charge is 0.275 e. The van der Waals surface area contributed by atoms with Crippen LogP contribution in [0.5, 0.6) is 0 Å². The number of aromatic nitrogens is 2. The molecule has 1 N–H and O–H groups in total. The predicted molar refractivity (Wildman–Crippen MR) is 62.8 cm³/mol. The summed E-state index contributed by atoms with van der Waals surface area (Å²) in [4.78, 5) is 44.9. The Kier molecular flexibility index (Phi) is 2.55. The third kappa shape index (κ3) is 1.87. The van der Waals surface area contributed by atoms with Crippen molar-refractivity contribution >= 4 is 17.7 Å². The summed E-state index contributed by atoms with van der Waals surface area (Å²) in [6, 6.07) is -0.610. The Morgan fingerprint density at radius 1 is 1.37 bits per heavy atom. The van der Waals surface area contributed by atoms with Gasteiger partial charge in [0.05, 0.1) is 17.9 Å². The summed E-state index contributed by atoms with van der Waals surface area (Å²) < 4.78 is 0. The van der Waals surface area contributed by atoms with Crippen LogP contribution in [-0.2, 0) is 16.1 Å². The van der Waals surface area contributed by atoms with E-state index in [4.69, 9.17) is 0 Å². The number of hydrogen-bond acceptors (Lipinski definition) is 5. The first-order valence-corrected chi connectivity index (χ1v) is 6.03. The van der Waals surface area contributed by atoms with Crippen LogP contribution in [0, 0.1) is 6.92 Å². The van der Waals surface area contributed by atoms with E-state index in [1.165, 1.54) is 4.90 Å². The highest BCUT2D eigenvalue weighted by Crippen LogP contribution is 2.24. The van der Waals surface area contributed by atoms with Crippen LogP contribution in [0.1, 0.15) is 34.7 Å². The monoisotopic (exact) mass is 260 g/mol. The second kappa shape index (κ2) is 4.11. The molecule has 7 heteroatoms. The molecule has 1 saturated heterocycles. The van der Waals surface area contributed by atoms with Crippen molar-refractivity contribution in [3.8, 4) is 0 Å². The Bertz CT molecular complexity index is 599. The minimum atomic E-state index is -0.610. The first-order chi connectivity index (χ1) is 9.06. The van der Waals surface area contributed by atoms with Gasteiger partial charge in [-0.2, -0.15) is 0 Å². The van der Waals surface area contributed by atoms with Gasteiger partial charge in [0.2, 0.25) is 11.8 Å². The van der Waals surface area contributed by atoms with E-state index in [1.807, 2.05) is 0 Å². The highest BCUT2D eigenvalue weighted by atomic mass is 16.2. The van der Waals surface area contributed by atoms with Gasteiger partial charge in [-0.3, -0.25) is 24.7 Å². The Labute approximate surface area is 109 Å². The second-order valence-corrected chi connectivity index (χ2v) is 4.71. The maximum Gasteiger partial charge on any atom is 0.275 e. The first-order valence-electron chi connectivity index (χ1n) is 6.03. The third-order valence-electron chi connectivity index (χ3n) is 3.34. The minimum absolute atomic E-state index is 0.246. The molecule has 0 radical (unpaired) electrons. The number of hydrogen-bond donors (Lipinski definition) is 1. The molecule has 1 atom stereocenters. The van der Waals surface area contributed by atoms with Gasteiger partial charge in [-0.15, -0.1) is 0 Å². The van der Waals surface area contributed by atoms with Crippen molar-refractivity contribution in [1.82, 2.24) is 20.2 Å². The van der Waals surface area contributed by atoms with Gasteiger partial charge < -0.3 is 4.90 Å². The number of carbonyl (C=O) groups excluding carboxylic acids is 3. The zero-order chi connectivity index (χ0) is 13.6. The molecule has 3 heterocycles. The molecule has 0 bridgehead atoms. The molecule has 0 aliphatic carbocycles. The molecule has 7 nitrogen and oxygen atoms in total. The van der Waals surface area contributed by atoms with Crippen molar-refractivity contribution < 1.29 is 14.4 Å². The van der Waals surface area contributed by atoms with Crippen molar-refractivity contribution in [1.29, 1.82) is 0 Å². The molecule has 0 saturated carbocycles. The van der Waals surface area contributed by atoms with E-state index in [1.54, 1.807) is 13.1 Å². The van der Waals surface area contributed by atoms with E-state index in [-0.39, 0.29) is 24.8 Å². The Hall–Kier alpha value is -2.31. The standard InChI is InChI=1S/C12H12N4O3/c1-6-4-13-7-5-16(12(19)10(7)14-6)8-2-3-9(17)15-11(8)18/h4,8H,2-3,5H2,1H3,(H,15,17,18). The number of piperidine rings is 1. The summed E-state index contributed by atoms with van der Waals surface area (Å²) in [6.07, 6.45) is 2.19. The SMILES string of the molecule is Cc1cnc2c(n1)C(=O)N(C1CCC(=O)NC1=O)C2. The Morgan fingerprint density at radius 3 is 2.89 bits per heavy atom. The highest BCUT2D eigenvalue weighted by Gasteiger charge is 2.40. The van der Waals surface area contributed by atoms with Gasteiger partial charge in [-0.05, 0) is 13.3 Å². The third-order valence-corrected chi connectivity index (χ3v) is 3.34. The number of nitrogens with one attached hydrogen (secondary N) is 1. The molecule has 2 aliphatic heterocycles. The largest absolute Gasteiger partial charge is 0.319 e. The summed E-state index contributed by atoms with van der Waals surface area (Å²) in [5.74, 6) is -1.01. The fourth-order valence-electron chi connectivity index (χ4n) is 2.39. The zero-order valence-corrected chi connectivity index (χ0v) is 10.3. The Morgan fingerprint density at radius 2 is 2.16 bits per heavy atom. The molecule has 3 rings (SSSR count). The molecule has 0 aromatic carbocycles. The van der Waals surface area contributed by atoms with Crippen LogP contribution < -0.4 is 5.32 Å². The number of imide groups is 1. The predicted octanol–water partition coefficient (Wildman–Crippen LogP) is -0.454. The van der Waals surface area contributed by atoms with Crippen molar-refractivity contribution in [3.05, 3.63) is 23.3 Å². The van der Waals surface area contributed by atoms with Crippen LogP contribution in [0.2, 0.25) is 0 Å². The van der Waals surface area contributed by atoms with E-state index in [2.05, 4.69) is 15.3 Å². The maximum atomic E-state index is 12.2. The number of amides is 3. The molecular formula is C12H12N4O3. The fraction of sp³-hybridized carbons (Fsp3) is 0.417. The summed E-state index contributed by atoms with van der Waals surface area (Å²) in [6.45, 7) is 2.03. The number of carbonyl (C=O) groups is 3. The summed E-state index contributed by atoms with van der Waals surface area (Å²) in [7, 11) is 0. The van der Waals surface area contributed by atoms with E-state index in [0.717, 1.165) is 0 Å². The van der Waals surface area contributed by atoms with Gasteiger partial charge in [-0.1, -0.05) is 0 Å². The number of aryl methyl sites for hydroxylation is 1. The van der Waals surface area contributed by atoms with Crippen LogP contribution in [0.25, 0.3) is 0 Å². The number of fused-ring (bicyclic) bond motifs is 1. The summed E-state index contributed by atoms with van der Waals surface area (Å²) in [5, 5.41) is 2.25. The van der Waals surface area contributed by atoms with Gasteiger partial charge in [0.25, 0.3) is 5.91 Å². The summed E-state index contributed by atoms with van der Waals surface area (Å²) in [5.41, 5.74) is 1.56. The Balaban J connectivity index is 1.88. The normalized spacial score (nSPS) is 22.5. The average Bonchev–Trinajstić information content (AvgIpc) is 2.67. The van der Waals surface area contributed by atoms with Gasteiger partial charge in [0.15, 0.2) is 5.69 Å². The molecule has 1 aromatic rings. The van der Waals surface area contributed by atoms with Gasteiger partial charge in [0.1, 0.15) is 6.04 Å². The highest BCUT2D eigenvalue weighted by molar-refractivity contribution is 6.04. The lowest BCUT2D eigenvalue weighted by Gasteiger charge is -2.28. The molecule has 3 amide bonds. The van der Waals surface area contributed by atoms with Gasteiger partial charge in [0, 0.05) is 12.6 Å². The minimum Gasteiger partial charge on any atom is -0.319 e. The van der Waals surface area contributed by atoms with Gasteiger partial charge in [-0.25, -0.2) is 4.98 Å². The topological polar surface area (TPSA) is 92.3 Å². The van der Waals surface area contributed by atoms with Crippen LogP contribution >= 0.6 is 0 Å². The van der Waals surface area contributed by atoms with Gasteiger partial charge >= 0.3 is 0 Å². The number of rotatable bonds is 1. The van der Waals surface area contributed by atoms with Crippen LogP contribution in [0.4, 0.5) is 0 Å². The van der Waals surface area contributed by atoms with Crippen LogP contribution in [-0.4, -0.2) is 38.6 Å². The molecular weight excluding hydrogens is 248 g/mol. The van der Waals surface area contributed by atoms with Crippen LogP contribution in [0.3, 0.4) is 0 Å². The molecule has 98 valence electrons. The maximum absolute atomic E-state index is 12.2. The van der Waals surface area contributed by atoms with E-state index in [9.17, 15) is 14.4 Å². The quantitative estimate of drug-likeness (QED) is 0.690. The molecule has 1 fully saturated rings. The zero-order valence-electron chi connectivity index (χ0n) is 10.3. The summed E-state index contributed by atoms with van der Waals surface area (Å²) >= 11 is 0. The molecule has 1 unspecified atom stereocenters. The van der Waals surface area contributed by atoms with Crippen molar-refractivity contribution in [2.45, 2.75) is 32.4 Å². The van der Waals surface area contributed by atoms with Crippen molar-refractivity contribution in [2.75, 3.05) is 0 Å². The van der Waals surface area contributed by atoms with Crippen LogP contribution in [0.15, 0.2) is 6.20 Å². The molecule has 0 spiro atoms. The first kappa shape index (κ1) is 11.8. The number of nitrogens with zero attached hydrogens (tertiary/aromatic N) is 3. The van der Waals surface area contributed by atoms with E-state index < -0.39 is 11.9 Å². The van der Waals surface area contributed by atoms with Crippen molar-refractivity contribution in [3.63, 3.8) is 0 Å². The molecule has 19 heavy (non-hydrogen) atoms. The van der Waals surface area contributed by atoms with E-state index >= 15 is 0 Å². The molecule has 1 aromatic heterocycles.